The number of hydrogen-bond donors (Lipinski definition) is 1. The van der Waals surface area contributed by atoms with E-state index in [1.165, 1.54) is 0 Å². The van der Waals surface area contributed by atoms with Crippen LogP contribution in [-0.2, 0) is 9.53 Å². The molecule has 0 aromatic heterocycles. The summed E-state index contributed by atoms with van der Waals surface area (Å²) in [5, 5.41) is 8.98. The van der Waals surface area contributed by atoms with Crippen molar-refractivity contribution in [1.29, 1.82) is 0 Å². The summed E-state index contributed by atoms with van der Waals surface area (Å²) in [4.78, 5) is 24.9. The molecule has 2 fully saturated rings. The van der Waals surface area contributed by atoms with E-state index in [1.807, 2.05) is 20.8 Å². The number of carbonyl (C=O) groups is 2. The lowest BCUT2D eigenvalue weighted by Gasteiger charge is -2.37. The molecule has 5 heteroatoms. The fraction of sp³-hybridized carbons (Fsp3) is 0.875. The first-order valence-electron chi connectivity index (χ1n) is 7.89. The lowest BCUT2D eigenvalue weighted by atomic mass is 9.68. The zero-order valence-electron chi connectivity index (χ0n) is 13.4. The van der Waals surface area contributed by atoms with Gasteiger partial charge in [-0.05, 0) is 57.8 Å². The Labute approximate surface area is 126 Å². The summed E-state index contributed by atoms with van der Waals surface area (Å²) in [6.45, 7) is 7.08. The van der Waals surface area contributed by atoms with Crippen molar-refractivity contribution in [3.05, 3.63) is 0 Å². The van der Waals surface area contributed by atoms with Crippen molar-refractivity contribution in [3.8, 4) is 0 Å². The highest BCUT2D eigenvalue weighted by atomic mass is 16.6. The van der Waals surface area contributed by atoms with Gasteiger partial charge in [0.15, 0.2) is 0 Å². The summed E-state index contributed by atoms with van der Waals surface area (Å²) in [5.74, 6) is -0.450. The minimum absolute atomic E-state index is 0.120. The molecule has 1 saturated carbocycles. The molecule has 5 nitrogen and oxygen atoms in total. The van der Waals surface area contributed by atoms with Crippen LogP contribution >= 0.6 is 0 Å². The van der Waals surface area contributed by atoms with E-state index in [4.69, 9.17) is 9.84 Å². The molecule has 2 unspecified atom stereocenters. The highest BCUT2D eigenvalue weighted by Gasteiger charge is 2.44. The molecule has 2 atom stereocenters. The maximum absolute atomic E-state index is 12.2. The summed E-state index contributed by atoms with van der Waals surface area (Å²) in [7, 11) is 0. The van der Waals surface area contributed by atoms with Crippen molar-refractivity contribution in [1.82, 2.24) is 4.90 Å². The van der Waals surface area contributed by atoms with Crippen LogP contribution in [0.4, 0.5) is 4.79 Å². The maximum atomic E-state index is 12.2. The number of ether oxygens (including phenoxy) is 1. The predicted molar refractivity (Wildman–Crippen MR) is 79.1 cm³/mol. The van der Waals surface area contributed by atoms with Gasteiger partial charge in [-0.1, -0.05) is 6.42 Å². The van der Waals surface area contributed by atoms with Crippen molar-refractivity contribution in [2.24, 2.45) is 11.3 Å². The fourth-order valence-corrected chi connectivity index (χ4v) is 3.79. The van der Waals surface area contributed by atoms with Crippen LogP contribution in [0.5, 0.6) is 0 Å². The van der Waals surface area contributed by atoms with Crippen molar-refractivity contribution in [2.45, 2.75) is 64.9 Å². The normalized spacial score (nSPS) is 29.7. The number of carbonyl (C=O) groups excluding carboxylic acids is 1. The van der Waals surface area contributed by atoms with E-state index in [1.54, 1.807) is 4.90 Å². The van der Waals surface area contributed by atoms with Crippen LogP contribution < -0.4 is 0 Å². The Morgan fingerprint density at radius 2 is 2.05 bits per heavy atom. The van der Waals surface area contributed by atoms with Crippen LogP contribution in [0.2, 0.25) is 0 Å². The van der Waals surface area contributed by atoms with E-state index in [0.29, 0.717) is 0 Å². The van der Waals surface area contributed by atoms with Crippen molar-refractivity contribution in [2.75, 3.05) is 13.1 Å². The molecule has 1 saturated heterocycles. The van der Waals surface area contributed by atoms with E-state index >= 15 is 0 Å². The van der Waals surface area contributed by atoms with Gasteiger partial charge in [0, 0.05) is 19.5 Å². The average Bonchev–Trinajstić information content (AvgIpc) is 2.70. The van der Waals surface area contributed by atoms with E-state index in [2.05, 4.69) is 0 Å². The third-order valence-corrected chi connectivity index (χ3v) is 4.59. The van der Waals surface area contributed by atoms with Gasteiger partial charge in [-0.3, -0.25) is 4.79 Å². The standard InChI is InChI=1S/C16H27NO4/c1-15(2,3)21-14(20)17-8-7-16(11-17)6-4-5-12(10-16)9-13(18)19/h12H,4-11H2,1-3H3,(H,18,19). The molecule has 1 aliphatic carbocycles. The van der Waals surface area contributed by atoms with Crippen molar-refractivity contribution in [3.63, 3.8) is 0 Å². The topological polar surface area (TPSA) is 66.8 Å². The molecule has 1 heterocycles. The van der Waals surface area contributed by atoms with Gasteiger partial charge in [0.25, 0.3) is 0 Å². The molecule has 2 aliphatic rings. The van der Waals surface area contributed by atoms with Crippen LogP contribution in [0.25, 0.3) is 0 Å². The molecule has 1 amide bonds. The van der Waals surface area contributed by atoms with Gasteiger partial charge >= 0.3 is 12.1 Å². The Morgan fingerprint density at radius 1 is 1.33 bits per heavy atom. The predicted octanol–water partition coefficient (Wildman–Crippen LogP) is 3.28. The van der Waals surface area contributed by atoms with Gasteiger partial charge in [0.1, 0.15) is 5.60 Å². The number of hydrogen-bond acceptors (Lipinski definition) is 3. The number of aliphatic carboxylic acids is 1. The number of carboxylic acid groups (broad SMARTS) is 1. The molecule has 1 spiro atoms. The zero-order valence-corrected chi connectivity index (χ0v) is 13.4. The van der Waals surface area contributed by atoms with Gasteiger partial charge in [-0.25, -0.2) is 4.79 Å². The molecule has 0 bridgehead atoms. The highest BCUT2D eigenvalue weighted by molar-refractivity contribution is 5.68. The summed E-state index contributed by atoms with van der Waals surface area (Å²) < 4.78 is 5.44. The number of nitrogens with zero attached hydrogens (tertiary/aromatic N) is 1. The summed E-state index contributed by atoms with van der Waals surface area (Å²) in [5.41, 5.74) is -0.347. The molecule has 120 valence electrons. The summed E-state index contributed by atoms with van der Waals surface area (Å²) >= 11 is 0. The van der Waals surface area contributed by atoms with Crippen LogP contribution in [0.1, 0.15) is 59.3 Å². The maximum Gasteiger partial charge on any atom is 0.410 e. The Hall–Kier alpha value is -1.26. The molecule has 1 aliphatic heterocycles. The van der Waals surface area contributed by atoms with Crippen LogP contribution in [0.15, 0.2) is 0 Å². The molecular weight excluding hydrogens is 270 g/mol. The third-order valence-electron chi connectivity index (χ3n) is 4.59. The Balaban J connectivity index is 1.94. The smallest absolute Gasteiger partial charge is 0.410 e. The van der Waals surface area contributed by atoms with Gasteiger partial charge in [0.05, 0.1) is 0 Å². The Kier molecular flexibility index (Phi) is 4.49. The lowest BCUT2D eigenvalue weighted by Crippen LogP contribution is -2.38. The molecule has 1 N–H and O–H groups in total. The summed E-state index contributed by atoms with van der Waals surface area (Å²) in [6, 6.07) is 0. The van der Waals surface area contributed by atoms with Crippen LogP contribution in [-0.4, -0.2) is 40.8 Å². The largest absolute Gasteiger partial charge is 0.481 e. The number of carboxylic acids is 1. The highest BCUT2D eigenvalue weighted by Crippen LogP contribution is 2.47. The van der Waals surface area contributed by atoms with E-state index in [9.17, 15) is 9.59 Å². The van der Waals surface area contributed by atoms with Gasteiger partial charge in [-0.15, -0.1) is 0 Å². The van der Waals surface area contributed by atoms with Crippen molar-refractivity contribution < 1.29 is 19.4 Å². The summed E-state index contributed by atoms with van der Waals surface area (Å²) in [6.07, 6.45) is 5.10. The van der Waals surface area contributed by atoms with E-state index < -0.39 is 11.6 Å². The number of rotatable bonds is 2. The monoisotopic (exact) mass is 297 g/mol. The quantitative estimate of drug-likeness (QED) is 0.849. The van der Waals surface area contributed by atoms with E-state index in [-0.39, 0.29) is 23.8 Å². The second-order valence-corrected chi connectivity index (χ2v) is 7.71. The first-order valence-corrected chi connectivity index (χ1v) is 7.89. The molecular formula is C16H27NO4. The first kappa shape index (κ1) is 16.1. The molecule has 2 rings (SSSR count). The fourth-order valence-electron chi connectivity index (χ4n) is 3.79. The zero-order chi connectivity index (χ0) is 15.7. The van der Waals surface area contributed by atoms with Gasteiger partial charge < -0.3 is 14.7 Å². The molecule has 0 radical (unpaired) electrons. The third kappa shape index (κ3) is 4.35. The van der Waals surface area contributed by atoms with Crippen LogP contribution in [0.3, 0.4) is 0 Å². The Morgan fingerprint density at radius 3 is 2.67 bits per heavy atom. The van der Waals surface area contributed by atoms with Crippen LogP contribution in [0, 0.1) is 11.3 Å². The molecule has 21 heavy (non-hydrogen) atoms. The average molecular weight is 297 g/mol. The minimum Gasteiger partial charge on any atom is -0.481 e. The number of likely N-dealkylation sites (tertiary alicyclic amines) is 1. The second-order valence-electron chi connectivity index (χ2n) is 7.71. The number of amides is 1. The molecule has 0 aromatic rings. The SMILES string of the molecule is CC(C)(C)OC(=O)N1CCC2(CCCC(CC(=O)O)C2)C1. The Bertz CT molecular complexity index is 415. The first-order chi connectivity index (χ1) is 9.69. The van der Waals surface area contributed by atoms with Gasteiger partial charge in [-0.2, -0.15) is 0 Å². The minimum atomic E-state index is -0.709. The van der Waals surface area contributed by atoms with E-state index in [0.717, 1.165) is 45.2 Å². The lowest BCUT2D eigenvalue weighted by molar-refractivity contribution is -0.138. The van der Waals surface area contributed by atoms with Crippen molar-refractivity contribution >= 4 is 12.1 Å². The molecule has 0 aromatic carbocycles. The van der Waals surface area contributed by atoms with Gasteiger partial charge in [0.2, 0.25) is 0 Å². The second kappa shape index (κ2) is 5.85.